The van der Waals surface area contributed by atoms with E-state index in [9.17, 15) is 13.0 Å². The minimum absolute atomic E-state index is 0.0801. The summed E-state index contributed by atoms with van der Waals surface area (Å²) < 4.78 is 43.0. The van der Waals surface area contributed by atoms with Gasteiger partial charge in [0.15, 0.2) is 4.75 Å². The van der Waals surface area contributed by atoms with Crippen molar-refractivity contribution in [1.82, 2.24) is 4.98 Å². The zero-order chi connectivity index (χ0) is 16.4. The molecule has 0 aliphatic rings. The quantitative estimate of drug-likeness (QED) is 0.798. The van der Waals surface area contributed by atoms with E-state index < -0.39 is 27.4 Å². The lowest BCUT2D eigenvalue weighted by Crippen LogP contribution is -2.38. The van der Waals surface area contributed by atoms with Crippen LogP contribution in [-0.2, 0) is 15.7 Å². The monoisotopic (exact) mass is 334 g/mol. The SMILES string of the molecule is NS(=O)C(c1ccc(F)cc1)(c1ccc(F)cc1)c1ncco1. The highest BCUT2D eigenvalue weighted by Gasteiger charge is 2.45. The summed E-state index contributed by atoms with van der Waals surface area (Å²) in [5, 5.41) is 5.79. The molecule has 4 nitrogen and oxygen atoms in total. The summed E-state index contributed by atoms with van der Waals surface area (Å²) in [5.41, 5.74) is 0.850. The maximum absolute atomic E-state index is 13.3. The molecule has 3 rings (SSSR count). The normalized spacial score (nSPS) is 13.0. The van der Waals surface area contributed by atoms with Crippen LogP contribution in [0.15, 0.2) is 65.4 Å². The molecule has 0 spiro atoms. The molecule has 0 saturated carbocycles. The highest BCUT2D eigenvalue weighted by molar-refractivity contribution is 7.84. The van der Waals surface area contributed by atoms with Crippen LogP contribution in [0, 0.1) is 11.6 Å². The molecule has 0 radical (unpaired) electrons. The number of aromatic nitrogens is 1. The van der Waals surface area contributed by atoms with Crippen molar-refractivity contribution in [2.75, 3.05) is 0 Å². The number of hydrogen-bond donors (Lipinski definition) is 1. The van der Waals surface area contributed by atoms with E-state index in [1.165, 1.54) is 61.0 Å². The average molecular weight is 334 g/mol. The van der Waals surface area contributed by atoms with E-state index in [2.05, 4.69) is 4.98 Å². The van der Waals surface area contributed by atoms with E-state index >= 15 is 0 Å². The molecule has 1 unspecified atom stereocenters. The van der Waals surface area contributed by atoms with Crippen LogP contribution in [-0.4, -0.2) is 9.19 Å². The van der Waals surface area contributed by atoms with Gasteiger partial charge in [-0.2, -0.15) is 0 Å². The number of halogens is 2. The van der Waals surface area contributed by atoms with Gasteiger partial charge in [-0.25, -0.2) is 18.0 Å². The Morgan fingerprint density at radius 1 is 0.957 bits per heavy atom. The molecule has 0 aliphatic heterocycles. The van der Waals surface area contributed by atoms with Gasteiger partial charge >= 0.3 is 0 Å². The van der Waals surface area contributed by atoms with Gasteiger partial charge in [0.2, 0.25) is 5.89 Å². The minimum atomic E-state index is -2.01. The van der Waals surface area contributed by atoms with E-state index in [1.54, 1.807) is 0 Å². The molecule has 1 aromatic heterocycles. The largest absolute Gasteiger partial charge is 0.447 e. The van der Waals surface area contributed by atoms with Crippen LogP contribution >= 0.6 is 0 Å². The second-order valence-corrected chi connectivity index (χ2v) is 6.04. The molecule has 0 bridgehead atoms. The first-order valence-corrected chi connectivity index (χ1v) is 7.85. The number of nitrogens with two attached hydrogens (primary N) is 1. The van der Waals surface area contributed by atoms with Crippen molar-refractivity contribution in [3.05, 3.63) is 89.6 Å². The molecule has 23 heavy (non-hydrogen) atoms. The van der Waals surface area contributed by atoms with Gasteiger partial charge in [-0.1, -0.05) is 24.3 Å². The first-order valence-electron chi connectivity index (χ1n) is 6.63. The molecule has 0 fully saturated rings. The summed E-state index contributed by atoms with van der Waals surface area (Å²) in [6, 6.07) is 10.7. The Kier molecular flexibility index (Phi) is 4.06. The number of oxazole rings is 1. The lowest BCUT2D eigenvalue weighted by Gasteiger charge is -2.29. The first-order chi connectivity index (χ1) is 11.0. The number of nitrogens with zero attached hydrogens (tertiary/aromatic N) is 1. The summed E-state index contributed by atoms with van der Waals surface area (Å²) >= 11 is 0. The topological polar surface area (TPSA) is 69.1 Å². The smallest absolute Gasteiger partial charge is 0.223 e. The Morgan fingerprint density at radius 2 is 1.43 bits per heavy atom. The van der Waals surface area contributed by atoms with Gasteiger partial charge in [-0.05, 0) is 35.4 Å². The lowest BCUT2D eigenvalue weighted by molar-refractivity contribution is 0.468. The maximum Gasteiger partial charge on any atom is 0.223 e. The summed E-state index contributed by atoms with van der Waals surface area (Å²) in [4.78, 5) is 4.08. The molecule has 1 atom stereocenters. The van der Waals surface area contributed by atoms with E-state index in [0.717, 1.165) is 0 Å². The predicted octanol–water partition coefficient (Wildman–Crippen LogP) is 2.87. The predicted molar refractivity (Wildman–Crippen MR) is 81.5 cm³/mol. The average Bonchev–Trinajstić information content (AvgIpc) is 3.06. The van der Waals surface area contributed by atoms with Crippen molar-refractivity contribution in [2.24, 2.45) is 5.14 Å². The zero-order valence-electron chi connectivity index (χ0n) is 11.8. The third kappa shape index (κ3) is 2.58. The van der Waals surface area contributed by atoms with Crippen LogP contribution < -0.4 is 5.14 Å². The van der Waals surface area contributed by atoms with Crippen LogP contribution in [0.2, 0.25) is 0 Å². The standard InChI is InChI=1S/C16H12F2N2O2S/c17-13-5-1-11(2-6-13)16(23(19)21,15-20-9-10-22-15)12-3-7-14(18)8-4-12/h1-10H,19H2. The Labute approximate surface area is 133 Å². The molecule has 7 heteroatoms. The van der Waals surface area contributed by atoms with Crippen LogP contribution in [0.3, 0.4) is 0 Å². The molecular weight excluding hydrogens is 322 g/mol. The highest BCUT2D eigenvalue weighted by Crippen LogP contribution is 2.40. The van der Waals surface area contributed by atoms with E-state index in [4.69, 9.17) is 9.56 Å². The molecule has 0 saturated heterocycles. The molecule has 118 valence electrons. The van der Waals surface area contributed by atoms with E-state index in [1.807, 2.05) is 0 Å². The Morgan fingerprint density at radius 3 is 1.78 bits per heavy atom. The fourth-order valence-electron chi connectivity index (χ4n) is 2.50. The van der Waals surface area contributed by atoms with Crippen LogP contribution in [0.4, 0.5) is 8.78 Å². The third-order valence-electron chi connectivity index (χ3n) is 3.54. The van der Waals surface area contributed by atoms with Crippen molar-refractivity contribution in [2.45, 2.75) is 4.75 Å². The van der Waals surface area contributed by atoms with Crippen LogP contribution in [0.25, 0.3) is 0 Å². The lowest BCUT2D eigenvalue weighted by atomic mass is 9.90. The summed E-state index contributed by atoms with van der Waals surface area (Å²) in [7, 11) is -2.01. The molecule has 0 amide bonds. The molecule has 1 heterocycles. The fourth-order valence-corrected chi connectivity index (χ4v) is 3.51. The van der Waals surface area contributed by atoms with Gasteiger partial charge in [0.25, 0.3) is 0 Å². The maximum atomic E-state index is 13.3. The Hall–Kier alpha value is -2.38. The van der Waals surface area contributed by atoms with Gasteiger partial charge < -0.3 is 4.42 Å². The van der Waals surface area contributed by atoms with E-state index in [0.29, 0.717) is 11.1 Å². The van der Waals surface area contributed by atoms with Crippen LogP contribution in [0.5, 0.6) is 0 Å². The summed E-state index contributed by atoms with van der Waals surface area (Å²) in [6.45, 7) is 0. The summed E-state index contributed by atoms with van der Waals surface area (Å²) in [5.74, 6) is -0.814. The van der Waals surface area contributed by atoms with Crippen molar-refractivity contribution in [3.8, 4) is 0 Å². The molecule has 2 aromatic carbocycles. The van der Waals surface area contributed by atoms with Crippen molar-refractivity contribution >= 4 is 11.0 Å². The van der Waals surface area contributed by atoms with Gasteiger partial charge in [0.05, 0.1) is 6.20 Å². The first kappa shape index (κ1) is 15.5. The number of benzene rings is 2. The van der Waals surface area contributed by atoms with Gasteiger partial charge in [-0.15, -0.1) is 0 Å². The molecule has 2 N–H and O–H groups in total. The number of rotatable bonds is 4. The van der Waals surface area contributed by atoms with Gasteiger partial charge in [0, 0.05) is 0 Å². The second kappa shape index (κ2) is 6.02. The summed E-state index contributed by atoms with van der Waals surface area (Å²) in [6.07, 6.45) is 2.72. The molecular formula is C16H12F2N2O2S. The Balaban J connectivity index is 2.33. The second-order valence-electron chi connectivity index (χ2n) is 4.83. The molecule has 0 aliphatic carbocycles. The van der Waals surface area contributed by atoms with Crippen LogP contribution in [0.1, 0.15) is 17.0 Å². The Bertz CT molecular complexity index is 773. The minimum Gasteiger partial charge on any atom is -0.447 e. The third-order valence-corrected chi connectivity index (χ3v) is 4.79. The van der Waals surface area contributed by atoms with Gasteiger partial charge in [-0.3, -0.25) is 5.14 Å². The van der Waals surface area contributed by atoms with Crippen molar-refractivity contribution < 1.29 is 17.4 Å². The van der Waals surface area contributed by atoms with Crippen molar-refractivity contribution in [3.63, 3.8) is 0 Å². The van der Waals surface area contributed by atoms with Gasteiger partial charge in [0.1, 0.15) is 28.9 Å². The zero-order valence-corrected chi connectivity index (χ0v) is 12.6. The fraction of sp³-hybridized carbons (Fsp3) is 0.0625. The van der Waals surface area contributed by atoms with E-state index in [-0.39, 0.29) is 5.89 Å². The highest BCUT2D eigenvalue weighted by atomic mass is 32.2. The number of hydrogen-bond acceptors (Lipinski definition) is 3. The van der Waals surface area contributed by atoms with Crippen molar-refractivity contribution in [1.29, 1.82) is 0 Å². The molecule has 3 aromatic rings.